The number of benzene rings is 1. The molecule has 5 heteroatoms. The van der Waals surface area contributed by atoms with E-state index in [1.165, 1.54) is 0 Å². The second-order valence-corrected chi connectivity index (χ2v) is 5.90. The molecule has 1 aromatic carbocycles. The van der Waals surface area contributed by atoms with Gasteiger partial charge in [0.1, 0.15) is 11.4 Å². The van der Waals surface area contributed by atoms with Crippen LogP contribution < -0.4 is 5.32 Å². The molecule has 104 valence electrons. The van der Waals surface area contributed by atoms with Gasteiger partial charge in [-0.15, -0.1) is 0 Å². The van der Waals surface area contributed by atoms with Crippen molar-refractivity contribution in [2.24, 2.45) is 0 Å². The van der Waals surface area contributed by atoms with Crippen molar-refractivity contribution in [3.63, 3.8) is 0 Å². The summed E-state index contributed by atoms with van der Waals surface area (Å²) in [5.41, 5.74) is 0.926. The number of ketones is 1. The molecule has 1 aromatic rings. The first kappa shape index (κ1) is 14.5. The van der Waals surface area contributed by atoms with Crippen molar-refractivity contribution in [3.8, 4) is 0 Å². The highest BCUT2D eigenvalue weighted by molar-refractivity contribution is 9.10. The maximum atomic E-state index is 10.9. The summed E-state index contributed by atoms with van der Waals surface area (Å²) in [5, 5.41) is 13.5. The van der Waals surface area contributed by atoms with Gasteiger partial charge in [-0.1, -0.05) is 15.9 Å². The van der Waals surface area contributed by atoms with Crippen LogP contribution in [0.3, 0.4) is 0 Å². The van der Waals surface area contributed by atoms with Crippen molar-refractivity contribution in [2.75, 3.05) is 25.1 Å². The number of nitrogens with one attached hydrogen (secondary N) is 1. The maximum absolute atomic E-state index is 10.9. The topological polar surface area (TPSA) is 58.6 Å². The van der Waals surface area contributed by atoms with Gasteiger partial charge >= 0.3 is 0 Å². The summed E-state index contributed by atoms with van der Waals surface area (Å²) in [5.74, 6) is 0.206. The number of halogens is 1. The molecule has 1 fully saturated rings. The van der Waals surface area contributed by atoms with Crippen LogP contribution >= 0.6 is 15.9 Å². The molecule has 0 aliphatic carbocycles. The Labute approximate surface area is 121 Å². The van der Waals surface area contributed by atoms with E-state index in [1.54, 1.807) is 6.92 Å². The summed E-state index contributed by atoms with van der Waals surface area (Å²) in [4.78, 5) is 10.9. The molecule has 0 aromatic heterocycles. The van der Waals surface area contributed by atoms with Crippen LogP contribution in [0.15, 0.2) is 22.7 Å². The molecule has 0 bridgehead atoms. The van der Waals surface area contributed by atoms with Gasteiger partial charge in [0.2, 0.25) is 0 Å². The summed E-state index contributed by atoms with van der Waals surface area (Å²) in [6.07, 6.45) is 1.40. The molecule has 2 rings (SSSR count). The first-order valence-electron chi connectivity index (χ1n) is 6.34. The molecule has 0 saturated carbocycles. The van der Waals surface area contributed by atoms with E-state index in [0.717, 1.165) is 28.7 Å². The number of carbonyl (C=O) groups is 1. The molecular formula is C14H18BrNO3. The predicted octanol–water partition coefficient (Wildman–Crippen LogP) is 2.45. The van der Waals surface area contributed by atoms with Crippen LogP contribution in [0.1, 0.15) is 25.3 Å². The number of Topliss-reactive ketones (excluding diaryl/α,β-unsaturated/α-hetero) is 1. The average molecular weight is 328 g/mol. The quantitative estimate of drug-likeness (QED) is 0.788. The third kappa shape index (κ3) is 3.78. The van der Waals surface area contributed by atoms with Crippen LogP contribution in [-0.4, -0.2) is 30.6 Å². The number of anilines is 1. The minimum absolute atomic E-state index is 0.206. The lowest BCUT2D eigenvalue weighted by Crippen LogP contribution is -2.46. The van der Waals surface area contributed by atoms with E-state index in [2.05, 4.69) is 21.2 Å². The normalized spacial score (nSPS) is 16.8. The molecule has 0 amide bonds. The molecule has 0 atom stereocenters. The van der Waals surface area contributed by atoms with E-state index in [4.69, 9.17) is 4.74 Å². The Morgan fingerprint density at radius 2 is 2.21 bits per heavy atom. The summed E-state index contributed by atoms with van der Waals surface area (Å²) in [6.45, 7) is 3.02. The Morgan fingerprint density at radius 1 is 1.47 bits per heavy atom. The van der Waals surface area contributed by atoms with Crippen LogP contribution in [0.5, 0.6) is 0 Å². The smallest absolute Gasteiger partial charge is 0.136 e. The first-order chi connectivity index (χ1) is 8.99. The van der Waals surface area contributed by atoms with Gasteiger partial charge in [0.15, 0.2) is 0 Å². The zero-order valence-electron chi connectivity index (χ0n) is 10.9. The van der Waals surface area contributed by atoms with E-state index in [-0.39, 0.29) is 5.78 Å². The van der Waals surface area contributed by atoms with Crippen molar-refractivity contribution in [1.29, 1.82) is 0 Å². The molecule has 0 unspecified atom stereocenters. The average Bonchev–Trinajstić information content (AvgIpc) is 2.31. The van der Waals surface area contributed by atoms with Crippen LogP contribution in [0.25, 0.3) is 0 Å². The van der Waals surface area contributed by atoms with Crippen LogP contribution in [0, 0.1) is 0 Å². The first-order valence-corrected chi connectivity index (χ1v) is 7.13. The lowest BCUT2D eigenvalue weighted by molar-refractivity contribution is -0.184. The maximum Gasteiger partial charge on any atom is 0.136 e. The lowest BCUT2D eigenvalue weighted by atomic mass is 9.92. The molecule has 19 heavy (non-hydrogen) atoms. The van der Waals surface area contributed by atoms with Crippen molar-refractivity contribution in [3.05, 3.63) is 28.2 Å². The van der Waals surface area contributed by atoms with Crippen LogP contribution in [0.2, 0.25) is 0 Å². The van der Waals surface area contributed by atoms with E-state index in [1.807, 2.05) is 18.2 Å². The van der Waals surface area contributed by atoms with Crippen LogP contribution in [-0.2, 0) is 15.1 Å². The molecule has 0 spiro atoms. The van der Waals surface area contributed by atoms with Crippen molar-refractivity contribution in [1.82, 2.24) is 0 Å². The number of rotatable bonds is 6. The van der Waals surface area contributed by atoms with E-state index in [9.17, 15) is 9.90 Å². The Bertz CT molecular complexity index is 472. The number of hydrogen-bond acceptors (Lipinski definition) is 4. The van der Waals surface area contributed by atoms with E-state index in [0.29, 0.717) is 19.6 Å². The molecule has 1 aliphatic heterocycles. The van der Waals surface area contributed by atoms with Gasteiger partial charge in [-0.05, 0) is 37.1 Å². The Hall–Kier alpha value is -0.910. The second kappa shape index (κ2) is 6.03. The highest BCUT2D eigenvalue weighted by atomic mass is 79.9. The number of carbonyl (C=O) groups excluding carboxylic acids is 1. The number of aliphatic hydroxyl groups is 1. The zero-order valence-corrected chi connectivity index (χ0v) is 12.5. The highest BCUT2D eigenvalue weighted by Crippen LogP contribution is 2.33. The van der Waals surface area contributed by atoms with E-state index >= 15 is 0 Å². The lowest BCUT2D eigenvalue weighted by Gasteiger charge is -2.37. The Kier molecular flexibility index (Phi) is 4.60. The predicted molar refractivity (Wildman–Crippen MR) is 77.3 cm³/mol. The minimum atomic E-state index is -0.862. The van der Waals surface area contributed by atoms with Gasteiger partial charge < -0.3 is 20.0 Å². The van der Waals surface area contributed by atoms with Gasteiger partial charge in [-0.2, -0.15) is 0 Å². The number of hydrogen-bond donors (Lipinski definition) is 2. The van der Waals surface area contributed by atoms with Crippen LogP contribution in [0.4, 0.5) is 5.69 Å². The zero-order chi connectivity index (χ0) is 13.9. The molecule has 4 nitrogen and oxygen atoms in total. The fourth-order valence-electron chi connectivity index (χ4n) is 1.99. The van der Waals surface area contributed by atoms with Gasteiger partial charge in [0.25, 0.3) is 0 Å². The Balaban J connectivity index is 1.99. The van der Waals surface area contributed by atoms with Gasteiger partial charge in [0.05, 0.1) is 13.2 Å². The summed E-state index contributed by atoms with van der Waals surface area (Å²) >= 11 is 3.44. The third-order valence-electron chi connectivity index (χ3n) is 3.15. The fourth-order valence-corrected chi connectivity index (χ4v) is 2.49. The molecular weight excluding hydrogens is 310 g/mol. The largest absolute Gasteiger partial charge is 0.385 e. The monoisotopic (exact) mass is 327 g/mol. The summed E-state index contributed by atoms with van der Waals surface area (Å²) < 4.78 is 5.99. The number of ether oxygens (including phenoxy) is 1. The molecule has 2 N–H and O–H groups in total. The third-order valence-corrected chi connectivity index (χ3v) is 3.61. The second-order valence-electron chi connectivity index (χ2n) is 4.99. The van der Waals surface area contributed by atoms with Gasteiger partial charge in [-0.25, -0.2) is 0 Å². The Morgan fingerprint density at radius 3 is 2.79 bits per heavy atom. The van der Waals surface area contributed by atoms with E-state index < -0.39 is 5.60 Å². The molecule has 1 heterocycles. The minimum Gasteiger partial charge on any atom is -0.385 e. The van der Waals surface area contributed by atoms with Gasteiger partial charge in [-0.3, -0.25) is 0 Å². The molecule has 1 saturated heterocycles. The van der Waals surface area contributed by atoms with Gasteiger partial charge in [0, 0.05) is 23.1 Å². The SMILES string of the molecule is CC(=O)CCCNc1cc(Br)cc(C2(O)COC2)c1. The molecule has 0 radical (unpaired) electrons. The highest BCUT2D eigenvalue weighted by Gasteiger charge is 2.38. The van der Waals surface area contributed by atoms with Crippen molar-refractivity contribution in [2.45, 2.75) is 25.4 Å². The molecule has 1 aliphatic rings. The van der Waals surface area contributed by atoms with Crippen molar-refractivity contribution >= 4 is 27.4 Å². The standard InChI is InChI=1S/C14H18BrNO3/c1-10(17)3-2-4-16-13-6-11(5-12(15)7-13)14(18)8-19-9-14/h5-7,16,18H,2-4,8-9H2,1H3. The summed E-state index contributed by atoms with van der Waals surface area (Å²) in [6, 6.07) is 5.80. The van der Waals surface area contributed by atoms with Crippen molar-refractivity contribution < 1.29 is 14.6 Å². The fraction of sp³-hybridized carbons (Fsp3) is 0.500. The summed E-state index contributed by atoms with van der Waals surface area (Å²) in [7, 11) is 0.